The van der Waals surface area contributed by atoms with Gasteiger partial charge in [-0.25, -0.2) is 0 Å². The average Bonchev–Trinajstić information content (AvgIpc) is 3.29. The first-order valence-corrected chi connectivity index (χ1v) is 7.41. The van der Waals surface area contributed by atoms with Crippen molar-refractivity contribution >= 4 is 0 Å². The number of benzene rings is 1. The number of hydrogen-bond donors (Lipinski definition) is 1. The zero-order chi connectivity index (χ0) is 12.9. The van der Waals surface area contributed by atoms with E-state index >= 15 is 0 Å². The van der Waals surface area contributed by atoms with E-state index in [1.165, 1.54) is 24.0 Å². The van der Waals surface area contributed by atoms with E-state index in [4.69, 9.17) is 9.47 Å². The van der Waals surface area contributed by atoms with Gasteiger partial charge in [0, 0.05) is 25.8 Å². The molecule has 104 valence electrons. The van der Waals surface area contributed by atoms with Crippen molar-refractivity contribution < 1.29 is 9.47 Å². The van der Waals surface area contributed by atoms with Crippen molar-refractivity contribution in [3.8, 4) is 0 Å². The summed E-state index contributed by atoms with van der Waals surface area (Å²) in [7, 11) is 0. The SMILES string of the molecule is c1cc(CNC2CC2)cc(COC2CCOCC2)c1. The number of ether oxygens (including phenoxy) is 2. The van der Waals surface area contributed by atoms with E-state index in [0.29, 0.717) is 6.10 Å². The predicted octanol–water partition coefficient (Wildman–Crippen LogP) is 2.63. The molecular weight excluding hydrogens is 238 g/mol. The van der Waals surface area contributed by atoms with Crippen LogP contribution in [0.3, 0.4) is 0 Å². The van der Waals surface area contributed by atoms with Crippen LogP contribution in [0, 0.1) is 0 Å². The van der Waals surface area contributed by atoms with Crippen LogP contribution in [-0.2, 0) is 22.6 Å². The van der Waals surface area contributed by atoms with Gasteiger partial charge in [-0.15, -0.1) is 0 Å². The summed E-state index contributed by atoms with van der Waals surface area (Å²) in [6.45, 7) is 3.39. The average molecular weight is 261 g/mol. The van der Waals surface area contributed by atoms with Crippen LogP contribution in [0.25, 0.3) is 0 Å². The predicted molar refractivity (Wildman–Crippen MR) is 74.9 cm³/mol. The molecule has 0 radical (unpaired) electrons. The van der Waals surface area contributed by atoms with E-state index < -0.39 is 0 Å². The smallest absolute Gasteiger partial charge is 0.0720 e. The summed E-state index contributed by atoms with van der Waals surface area (Å²) in [4.78, 5) is 0. The number of rotatable bonds is 6. The van der Waals surface area contributed by atoms with Crippen molar-refractivity contribution in [1.29, 1.82) is 0 Å². The molecule has 1 saturated carbocycles. The van der Waals surface area contributed by atoms with Crippen LogP contribution in [0.4, 0.5) is 0 Å². The first kappa shape index (κ1) is 13.1. The largest absolute Gasteiger partial charge is 0.381 e. The van der Waals surface area contributed by atoms with Crippen LogP contribution in [0.2, 0.25) is 0 Å². The van der Waals surface area contributed by atoms with E-state index in [9.17, 15) is 0 Å². The standard InChI is InChI=1S/C16H23NO2/c1-2-13(11-17-15-4-5-15)10-14(3-1)12-19-16-6-8-18-9-7-16/h1-3,10,15-17H,4-9,11-12H2. The van der Waals surface area contributed by atoms with Gasteiger partial charge < -0.3 is 14.8 Å². The minimum absolute atomic E-state index is 0.377. The Hall–Kier alpha value is -0.900. The molecule has 2 fully saturated rings. The third kappa shape index (κ3) is 4.30. The molecule has 0 amide bonds. The number of hydrogen-bond acceptors (Lipinski definition) is 3. The summed E-state index contributed by atoms with van der Waals surface area (Å²) >= 11 is 0. The summed E-state index contributed by atoms with van der Waals surface area (Å²) in [5, 5.41) is 3.55. The second-order valence-electron chi connectivity index (χ2n) is 5.60. The molecule has 2 aliphatic rings. The monoisotopic (exact) mass is 261 g/mol. The molecule has 0 bridgehead atoms. The van der Waals surface area contributed by atoms with Gasteiger partial charge in [0.05, 0.1) is 12.7 Å². The molecule has 0 aromatic heterocycles. The van der Waals surface area contributed by atoms with Crippen molar-refractivity contribution in [2.75, 3.05) is 13.2 Å². The molecule has 1 aliphatic heterocycles. The molecule has 0 spiro atoms. The summed E-state index contributed by atoms with van der Waals surface area (Å²) in [6.07, 6.45) is 5.12. The van der Waals surface area contributed by atoms with E-state index in [1.54, 1.807) is 0 Å². The molecule has 3 rings (SSSR count). The van der Waals surface area contributed by atoms with Gasteiger partial charge in [0.25, 0.3) is 0 Å². The molecule has 1 aromatic rings. The highest BCUT2D eigenvalue weighted by Crippen LogP contribution is 2.19. The first-order valence-electron chi connectivity index (χ1n) is 7.41. The third-order valence-corrected chi connectivity index (χ3v) is 3.82. The van der Waals surface area contributed by atoms with E-state index in [1.807, 2.05) is 0 Å². The fourth-order valence-electron chi connectivity index (χ4n) is 2.44. The van der Waals surface area contributed by atoms with Crippen molar-refractivity contribution in [3.05, 3.63) is 35.4 Å². The van der Waals surface area contributed by atoms with Crippen LogP contribution >= 0.6 is 0 Å². The van der Waals surface area contributed by atoms with Gasteiger partial charge in [-0.3, -0.25) is 0 Å². The molecule has 3 heteroatoms. The van der Waals surface area contributed by atoms with Gasteiger partial charge in [-0.05, 0) is 36.8 Å². The summed E-state index contributed by atoms with van der Waals surface area (Å²) in [5.74, 6) is 0. The van der Waals surface area contributed by atoms with Crippen molar-refractivity contribution in [3.63, 3.8) is 0 Å². The quantitative estimate of drug-likeness (QED) is 0.854. The molecule has 0 unspecified atom stereocenters. The Balaban J connectivity index is 1.47. The molecule has 1 heterocycles. The Morgan fingerprint density at radius 2 is 1.89 bits per heavy atom. The van der Waals surface area contributed by atoms with E-state index in [0.717, 1.165) is 45.2 Å². The Bertz CT molecular complexity index is 397. The topological polar surface area (TPSA) is 30.5 Å². The van der Waals surface area contributed by atoms with Crippen molar-refractivity contribution in [1.82, 2.24) is 5.32 Å². The van der Waals surface area contributed by atoms with Gasteiger partial charge in [0.2, 0.25) is 0 Å². The molecule has 1 aliphatic carbocycles. The van der Waals surface area contributed by atoms with Crippen LogP contribution in [0.5, 0.6) is 0 Å². The first-order chi connectivity index (χ1) is 9.40. The molecule has 1 N–H and O–H groups in total. The third-order valence-electron chi connectivity index (χ3n) is 3.82. The van der Waals surface area contributed by atoms with Crippen LogP contribution in [0.15, 0.2) is 24.3 Å². The second kappa shape index (κ2) is 6.51. The summed E-state index contributed by atoms with van der Waals surface area (Å²) in [6, 6.07) is 9.50. The fourth-order valence-corrected chi connectivity index (χ4v) is 2.44. The van der Waals surface area contributed by atoms with Gasteiger partial charge in [-0.1, -0.05) is 24.3 Å². The maximum atomic E-state index is 5.96. The van der Waals surface area contributed by atoms with Gasteiger partial charge in [0.1, 0.15) is 0 Å². The lowest BCUT2D eigenvalue weighted by atomic mass is 10.1. The highest BCUT2D eigenvalue weighted by molar-refractivity contribution is 5.23. The lowest BCUT2D eigenvalue weighted by Crippen LogP contribution is -2.23. The highest BCUT2D eigenvalue weighted by Gasteiger charge is 2.20. The van der Waals surface area contributed by atoms with Gasteiger partial charge in [-0.2, -0.15) is 0 Å². The second-order valence-corrected chi connectivity index (χ2v) is 5.60. The minimum Gasteiger partial charge on any atom is -0.381 e. The van der Waals surface area contributed by atoms with Crippen LogP contribution in [-0.4, -0.2) is 25.4 Å². The molecule has 1 saturated heterocycles. The molecule has 19 heavy (non-hydrogen) atoms. The molecule has 0 atom stereocenters. The van der Waals surface area contributed by atoms with Gasteiger partial charge in [0.15, 0.2) is 0 Å². The van der Waals surface area contributed by atoms with Crippen LogP contribution in [0.1, 0.15) is 36.8 Å². The van der Waals surface area contributed by atoms with Crippen LogP contribution < -0.4 is 5.32 Å². The lowest BCUT2D eigenvalue weighted by Gasteiger charge is -2.22. The maximum Gasteiger partial charge on any atom is 0.0720 e. The van der Waals surface area contributed by atoms with Crippen molar-refractivity contribution in [2.45, 2.75) is 51.0 Å². The Kier molecular flexibility index (Phi) is 4.49. The summed E-state index contributed by atoms with van der Waals surface area (Å²) < 4.78 is 11.3. The normalized spacial score (nSPS) is 20.6. The fraction of sp³-hybridized carbons (Fsp3) is 0.625. The Labute approximate surface area is 115 Å². The molecule has 3 nitrogen and oxygen atoms in total. The Morgan fingerprint density at radius 3 is 2.68 bits per heavy atom. The maximum absolute atomic E-state index is 5.96. The van der Waals surface area contributed by atoms with E-state index in [2.05, 4.69) is 29.6 Å². The number of nitrogens with one attached hydrogen (secondary N) is 1. The van der Waals surface area contributed by atoms with E-state index in [-0.39, 0.29) is 0 Å². The molecule has 1 aromatic carbocycles. The molecular formula is C16H23NO2. The minimum atomic E-state index is 0.377. The zero-order valence-electron chi connectivity index (χ0n) is 11.4. The Morgan fingerprint density at radius 1 is 1.11 bits per heavy atom. The zero-order valence-corrected chi connectivity index (χ0v) is 11.4. The lowest BCUT2D eigenvalue weighted by molar-refractivity contribution is -0.0390. The van der Waals surface area contributed by atoms with Crippen molar-refractivity contribution in [2.24, 2.45) is 0 Å². The summed E-state index contributed by atoms with van der Waals surface area (Å²) in [5.41, 5.74) is 2.64. The van der Waals surface area contributed by atoms with Gasteiger partial charge >= 0.3 is 0 Å². The highest BCUT2D eigenvalue weighted by atomic mass is 16.5.